The van der Waals surface area contributed by atoms with E-state index < -0.39 is 18.0 Å². The summed E-state index contributed by atoms with van der Waals surface area (Å²) in [5.41, 5.74) is -0.206. The Morgan fingerprint density at radius 2 is 1.10 bits per heavy atom. The lowest BCUT2D eigenvalue weighted by Crippen LogP contribution is -2.25. The highest BCUT2D eigenvalue weighted by atomic mass is 16.5. The molecule has 2 rings (SSSR count). The Morgan fingerprint density at radius 1 is 0.725 bits per heavy atom. The van der Waals surface area contributed by atoms with Gasteiger partial charge in [0, 0.05) is 0 Å². The topological polar surface area (TPSA) is 181 Å². The number of benzene rings is 2. The number of aliphatic hydroxyl groups is 3. The molecule has 0 aliphatic carbocycles. The van der Waals surface area contributed by atoms with Crippen LogP contribution in [-0.4, -0.2) is 59.8 Å². The van der Waals surface area contributed by atoms with Crippen LogP contribution in [0, 0.1) is 0 Å². The zero-order chi connectivity index (χ0) is 29.5. The smallest absolute Gasteiger partial charge is 0.362 e. The molecule has 0 amide bonds. The van der Waals surface area contributed by atoms with E-state index in [-0.39, 0.29) is 72.2 Å². The molecule has 13 nitrogen and oxygen atoms in total. The van der Waals surface area contributed by atoms with Crippen molar-refractivity contribution in [1.82, 2.24) is 0 Å². The number of hydrogen-bond acceptors (Lipinski definition) is 13. The van der Waals surface area contributed by atoms with Crippen molar-refractivity contribution in [3.05, 3.63) is 71.4 Å². The Labute approximate surface area is 231 Å². The lowest BCUT2D eigenvalue weighted by Gasteiger charge is -2.15. The van der Waals surface area contributed by atoms with Gasteiger partial charge in [0.15, 0.2) is 0 Å². The van der Waals surface area contributed by atoms with Crippen molar-refractivity contribution in [2.24, 2.45) is 20.5 Å². The monoisotopic (exact) mass is 556 g/mol. The van der Waals surface area contributed by atoms with Crippen LogP contribution in [-0.2, 0) is 19.1 Å². The summed E-state index contributed by atoms with van der Waals surface area (Å²) in [7, 11) is 0. The first kappa shape index (κ1) is 31.4. The van der Waals surface area contributed by atoms with E-state index in [0.29, 0.717) is 0 Å². The van der Waals surface area contributed by atoms with Crippen LogP contribution in [0.2, 0.25) is 0 Å². The Bertz CT molecular complexity index is 1180. The molecule has 0 bridgehead atoms. The number of carbonyl (C=O) groups is 2. The summed E-state index contributed by atoms with van der Waals surface area (Å²) in [6, 6.07) is 13.1. The van der Waals surface area contributed by atoms with E-state index in [1.807, 2.05) is 0 Å². The molecule has 0 aliphatic heterocycles. The minimum Gasteiger partial charge on any atom is -0.510 e. The molecule has 0 unspecified atom stereocenters. The number of allylic oxidation sites excluding steroid dienone is 2. The highest BCUT2D eigenvalue weighted by Crippen LogP contribution is 2.30. The molecule has 2 aromatic rings. The fourth-order valence-electron chi connectivity index (χ4n) is 2.87. The summed E-state index contributed by atoms with van der Waals surface area (Å²) < 4.78 is 21.0. The van der Waals surface area contributed by atoms with Crippen LogP contribution in [0.15, 0.2) is 91.9 Å². The Hall–Kier alpha value is -4.78. The van der Waals surface area contributed by atoms with Crippen molar-refractivity contribution in [2.45, 2.75) is 33.8 Å². The molecule has 0 aliphatic rings. The van der Waals surface area contributed by atoms with Gasteiger partial charge >= 0.3 is 11.9 Å². The maximum absolute atomic E-state index is 12.0. The molecule has 214 valence electrons. The van der Waals surface area contributed by atoms with E-state index in [9.17, 15) is 24.9 Å². The number of ether oxygens (including phenoxy) is 4. The predicted molar refractivity (Wildman–Crippen MR) is 143 cm³/mol. The second kappa shape index (κ2) is 16.2. The minimum atomic E-state index is -1.08. The first-order chi connectivity index (χ1) is 19.2. The van der Waals surface area contributed by atoms with Crippen LogP contribution < -0.4 is 9.47 Å². The number of esters is 2. The second-order valence-electron chi connectivity index (χ2n) is 7.92. The number of aliphatic hydroxyl groups excluding tert-OH is 3. The summed E-state index contributed by atoms with van der Waals surface area (Å²) >= 11 is 0. The first-order valence-corrected chi connectivity index (χ1v) is 12.3. The van der Waals surface area contributed by atoms with E-state index in [2.05, 4.69) is 20.5 Å². The summed E-state index contributed by atoms with van der Waals surface area (Å²) in [6.45, 7) is 5.65. The number of carbonyl (C=O) groups excluding carboxylic acids is 2. The minimum absolute atomic E-state index is 0.103. The molecule has 0 fully saturated rings. The van der Waals surface area contributed by atoms with Gasteiger partial charge in [-0.1, -0.05) is 24.3 Å². The van der Waals surface area contributed by atoms with Crippen molar-refractivity contribution >= 4 is 23.3 Å². The van der Waals surface area contributed by atoms with Gasteiger partial charge in [-0.25, -0.2) is 9.59 Å². The largest absolute Gasteiger partial charge is 0.510 e. The van der Waals surface area contributed by atoms with Gasteiger partial charge in [-0.15, -0.1) is 20.5 Å². The molecular formula is C27H32N4O9. The maximum Gasteiger partial charge on any atom is 0.362 e. The van der Waals surface area contributed by atoms with Crippen LogP contribution >= 0.6 is 0 Å². The maximum atomic E-state index is 12.0. The number of hydrogen-bond donors (Lipinski definition) is 3. The molecule has 3 N–H and O–H groups in total. The van der Waals surface area contributed by atoms with Gasteiger partial charge in [-0.05, 0) is 52.0 Å². The summed E-state index contributed by atoms with van der Waals surface area (Å²) in [5.74, 6) is -1.83. The van der Waals surface area contributed by atoms with E-state index in [0.717, 1.165) is 0 Å². The van der Waals surface area contributed by atoms with Crippen molar-refractivity contribution in [2.75, 3.05) is 26.4 Å². The lowest BCUT2D eigenvalue weighted by molar-refractivity contribution is -0.139. The van der Waals surface area contributed by atoms with Crippen LogP contribution in [0.3, 0.4) is 0 Å². The van der Waals surface area contributed by atoms with Gasteiger partial charge in [0.1, 0.15) is 53.7 Å². The molecule has 0 saturated heterocycles. The summed E-state index contributed by atoms with van der Waals surface area (Å²) in [4.78, 5) is 23.9. The average Bonchev–Trinajstić information content (AvgIpc) is 2.92. The molecule has 0 saturated carbocycles. The number of azo groups is 2. The number of nitrogens with zero attached hydrogens (tertiary/aromatic N) is 4. The molecule has 0 aromatic heterocycles. The van der Waals surface area contributed by atoms with Crippen LogP contribution in [0.4, 0.5) is 11.4 Å². The second-order valence-corrected chi connectivity index (χ2v) is 7.92. The third-order valence-corrected chi connectivity index (χ3v) is 4.73. The molecule has 0 atom stereocenters. The molecule has 0 heterocycles. The average molecular weight is 557 g/mol. The molecule has 13 heteroatoms. The molecule has 40 heavy (non-hydrogen) atoms. The van der Waals surface area contributed by atoms with Crippen LogP contribution in [0.5, 0.6) is 11.5 Å². The quantitative estimate of drug-likeness (QED) is 0.119. The zero-order valence-electron chi connectivity index (χ0n) is 22.6. The van der Waals surface area contributed by atoms with Crippen molar-refractivity contribution in [3.63, 3.8) is 0 Å². The first-order valence-electron chi connectivity index (χ1n) is 12.3. The van der Waals surface area contributed by atoms with Crippen LogP contribution in [0.25, 0.3) is 0 Å². The summed E-state index contributed by atoms with van der Waals surface area (Å²) in [6.07, 6.45) is -1.08. The zero-order valence-corrected chi connectivity index (χ0v) is 22.6. The fourth-order valence-corrected chi connectivity index (χ4v) is 2.87. The summed E-state index contributed by atoms with van der Waals surface area (Å²) in [5, 5.41) is 45.4. The predicted octanol–water partition coefficient (Wildman–Crippen LogP) is 5.38. The van der Waals surface area contributed by atoms with Crippen LogP contribution in [0.1, 0.15) is 27.7 Å². The highest BCUT2D eigenvalue weighted by Gasteiger charge is 2.16. The van der Waals surface area contributed by atoms with E-state index in [4.69, 9.17) is 18.9 Å². The SMILES string of the molecule is CCOC(=O)/C(N=Nc1ccccc1OCC(O)COc1ccccc1N=N/C(C(=O)OCC)=C(/C)O)=C(\C)O. The standard InChI is InChI=1S/C27H32N4O9/c1-5-37-26(35)24(17(3)32)30-28-20-11-7-9-13-22(20)39-15-19(34)16-40-23-14-10-8-12-21(23)29-31-25(18(4)33)27(36)38-6-2/h7-14,19,32-34H,5-6,15-16H2,1-4H3/b24-17-,25-18-,30-28?,31-29?. The van der Waals surface area contributed by atoms with Gasteiger partial charge in [0.25, 0.3) is 0 Å². The number of rotatable bonds is 14. The van der Waals surface area contributed by atoms with Crippen molar-refractivity contribution < 1.29 is 43.9 Å². The third kappa shape index (κ3) is 9.83. The van der Waals surface area contributed by atoms with Gasteiger partial charge in [0.2, 0.25) is 11.4 Å². The van der Waals surface area contributed by atoms with Gasteiger partial charge in [-0.2, -0.15) is 0 Å². The van der Waals surface area contributed by atoms with E-state index in [1.165, 1.54) is 13.8 Å². The normalized spacial score (nSPS) is 13.4. The van der Waals surface area contributed by atoms with Gasteiger partial charge in [0.05, 0.1) is 13.2 Å². The third-order valence-electron chi connectivity index (χ3n) is 4.73. The number of para-hydroxylation sites is 2. The Balaban J connectivity index is 2.06. The molecule has 0 radical (unpaired) electrons. The fraction of sp³-hybridized carbons (Fsp3) is 0.333. The van der Waals surface area contributed by atoms with Gasteiger partial charge < -0.3 is 34.3 Å². The van der Waals surface area contributed by atoms with E-state index >= 15 is 0 Å². The molecule has 0 spiro atoms. The van der Waals surface area contributed by atoms with E-state index in [1.54, 1.807) is 62.4 Å². The Morgan fingerprint density at radius 3 is 1.45 bits per heavy atom. The highest BCUT2D eigenvalue weighted by molar-refractivity contribution is 5.88. The van der Waals surface area contributed by atoms with Crippen molar-refractivity contribution in [1.29, 1.82) is 0 Å². The molecule has 2 aromatic carbocycles. The lowest BCUT2D eigenvalue weighted by atomic mass is 10.3. The molecular weight excluding hydrogens is 524 g/mol. The Kier molecular flexibility index (Phi) is 12.8. The van der Waals surface area contributed by atoms with Crippen molar-refractivity contribution in [3.8, 4) is 11.5 Å². The van der Waals surface area contributed by atoms with Gasteiger partial charge in [-0.3, -0.25) is 0 Å².